The Morgan fingerprint density at radius 1 is 1.43 bits per heavy atom. The first-order valence-electron chi connectivity index (χ1n) is 7.09. The highest BCUT2D eigenvalue weighted by Gasteiger charge is 2.33. The third kappa shape index (κ3) is 2.94. The lowest BCUT2D eigenvalue weighted by Gasteiger charge is -2.40. The highest BCUT2D eigenvalue weighted by atomic mass is 16.6. The van der Waals surface area contributed by atoms with Crippen molar-refractivity contribution in [3.8, 4) is 0 Å². The Morgan fingerprint density at radius 3 is 2.90 bits per heavy atom. The van der Waals surface area contributed by atoms with E-state index in [9.17, 15) is 4.79 Å². The molecule has 112 valence electrons. The van der Waals surface area contributed by atoms with Crippen LogP contribution in [0.5, 0.6) is 0 Å². The largest absolute Gasteiger partial charge is 0.444 e. The SMILES string of the molecule is CC(C)(C)OC(=O)N1CC(Nc2cccc3[nH]ncc23)C1. The summed E-state index contributed by atoms with van der Waals surface area (Å²) in [6, 6.07) is 6.24. The number of carbonyl (C=O) groups excluding carboxylic acids is 1. The zero-order valence-corrected chi connectivity index (χ0v) is 12.5. The number of hydrogen-bond acceptors (Lipinski definition) is 4. The molecule has 0 spiro atoms. The van der Waals surface area contributed by atoms with E-state index in [-0.39, 0.29) is 12.1 Å². The van der Waals surface area contributed by atoms with Crippen LogP contribution in [0, 0.1) is 0 Å². The fourth-order valence-corrected chi connectivity index (χ4v) is 2.36. The van der Waals surface area contributed by atoms with Crippen molar-refractivity contribution in [3.63, 3.8) is 0 Å². The number of aromatic nitrogens is 2. The fraction of sp³-hybridized carbons (Fsp3) is 0.467. The number of H-pyrrole nitrogens is 1. The first-order valence-corrected chi connectivity index (χ1v) is 7.09. The maximum Gasteiger partial charge on any atom is 0.410 e. The van der Waals surface area contributed by atoms with Gasteiger partial charge >= 0.3 is 6.09 Å². The van der Waals surface area contributed by atoms with E-state index < -0.39 is 5.60 Å². The number of amides is 1. The van der Waals surface area contributed by atoms with Crippen LogP contribution in [-0.2, 0) is 4.74 Å². The number of likely N-dealkylation sites (tertiary alicyclic amines) is 1. The number of aromatic amines is 1. The van der Waals surface area contributed by atoms with Gasteiger partial charge in [-0.2, -0.15) is 5.10 Å². The van der Waals surface area contributed by atoms with Crippen molar-refractivity contribution in [2.45, 2.75) is 32.4 Å². The van der Waals surface area contributed by atoms with Gasteiger partial charge in [0, 0.05) is 24.2 Å². The Bertz CT molecular complexity index is 653. The summed E-state index contributed by atoms with van der Waals surface area (Å²) in [5.74, 6) is 0. The predicted molar refractivity (Wildman–Crippen MR) is 81.3 cm³/mol. The van der Waals surface area contributed by atoms with Gasteiger partial charge in [-0.15, -0.1) is 0 Å². The molecular weight excluding hydrogens is 268 g/mol. The third-order valence-corrected chi connectivity index (χ3v) is 3.38. The highest BCUT2D eigenvalue weighted by Crippen LogP contribution is 2.24. The van der Waals surface area contributed by atoms with Gasteiger partial charge in [0.1, 0.15) is 5.60 Å². The minimum Gasteiger partial charge on any atom is -0.444 e. The maximum absolute atomic E-state index is 11.9. The lowest BCUT2D eigenvalue weighted by Crippen LogP contribution is -2.57. The quantitative estimate of drug-likeness (QED) is 0.891. The number of fused-ring (bicyclic) bond motifs is 1. The van der Waals surface area contributed by atoms with Crippen molar-refractivity contribution in [1.82, 2.24) is 15.1 Å². The Hall–Kier alpha value is -2.24. The molecule has 1 aromatic carbocycles. The van der Waals surface area contributed by atoms with Gasteiger partial charge in [0.15, 0.2) is 0 Å². The van der Waals surface area contributed by atoms with Gasteiger partial charge in [-0.25, -0.2) is 4.79 Å². The molecule has 1 aromatic heterocycles. The zero-order chi connectivity index (χ0) is 15.0. The van der Waals surface area contributed by atoms with Crippen LogP contribution < -0.4 is 5.32 Å². The monoisotopic (exact) mass is 288 g/mol. The van der Waals surface area contributed by atoms with Gasteiger partial charge < -0.3 is 15.0 Å². The second-order valence-electron chi connectivity index (χ2n) is 6.36. The molecule has 1 amide bonds. The van der Waals surface area contributed by atoms with Crippen LogP contribution in [0.1, 0.15) is 20.8 Å². The van der Waals surface area contributed by atoms with Gasteiger partial charge in [0.25, 0.3) is 0 Å². The van der Waals surface area contributed by atoms with E-state index in [1.807, 2.05) is 45.2 Å². The minimum atomic E-state index is -0.446. The summed E-state index contributed by atoms with van der Waals surface area (Å²) in [6.45, 7) is 6.94. The number of nitrogens with zero attached hydrogens (tertiary/aromatic N) is 2. The molecule has 3 rings (SSSR count). The van der Waals surface area contributed by atoms with E-state index in [2.05, 4.69) is 15.5 Å². The summed E-state index contributed by atoms with van der Waals surface area (Å²) in [5, 5.41) is 11.5. The number of benzene rings is 1. The standard InChI is InChI=1S/C15H20N4O2/c1-15(2,3)21-14(20)19-8-10(9-19)17-12-5-4-6-13-11(12)7-16-18-13/h4-7,10,17H,8-9H2,1-3H3,(H,16,18). The summed E-state index contributed by atoms with van der Waals surface area (Å²) in [7, 11) is 0. The van der Waals surface area contributed by atoms with Gasteiger partial charge in [-0.1, -0.05) is 6.07 Å². The minimum absolute atomic E-state index is 0.248. The smallest absolute Gasteiger partial charge is 0.410 e. The van der Waals surface area contributed by atoms with E-state index in [4.69, 9.17) is 4.74 Å². The summed E-state index contributed by atoms with van der Waals surface area (Å²) in [4.78, 5) is 13.6. The van der Waals surface area contributed by atoms with Crippen LogP contribution in [0.2, 0.25) is 0 Å². The molecule has 0 bridgehead atoms. The number of carbonyl (C=O) groups is 1. The third-order valence-electron chi connectivity index (χ3n) is 3.38. The topological polar surface area (TPSA) is 70.2 Å². The zero-order valence-electron chi connectivity index (χ0n) is 12.5. The Morgan fingerprint density at radius 2 is 2.19 bits per heavy atom. The molecule has 0 radical (unpaired) electrons. The normalized spacial score (nSPS) is 15.9. The second-order valence-corrected chi connectivity index (χ2v) is 6.36. The van der Waals surface area contributed by atoms with Crippen LogP contribution in [0.15, 0.2) is 24.4 Å². The van der Waals surface area contributed by atoms with Crippen molar-refractivity contribution < 1.29 is 9.53 Å². The van der Waals surface area contributed by atoms with Crippen molar-refractivity contribution >= 4 is 22.7 Å². The van der Waals surface area contributed by atoms with Crippen molar-refractivity contribution in [2.75, 3.05) is 18.4 Å². The van der Waals surface area contributed by atoms with Crippen molar-refractivity contribution in [2.24, 2.45) is 0 Å². The van der Waals surface area contributed by atoms with Gasteiger partial charge in [-0.05, 0) is 32.9 Å². The Labute approximate surface area is 123 Å². The van der Waals surface area contributed by atoms with E-state index in [1.165, 1.54) is 0 Å². The molecule has 1 aliphatic heterocycles. The second kappa shape index (κ2) is 4.95. The molecule has 6 heteroatoms. The van der Waals surface area contributed by atoms with Crippen LogP contribution >= 0.6 is 0 Å². The van der Waals surface area contributed by atoms with Crippen molar-refractivity contribution in [3.05, 3.63) is 24.4 Å². The number of ether oxygens (including phenoxy) is 1. The molecule has 1 saturated heterocycles. The van der Waals surface area contributed by atoms with Crippen LogP contribution in [0.4, 0.5) is 10.5 Å². The summed E-state index contributed by atoms with van der Waals surface area (Å²) in [6.07, 6.45) is 1.56. The first kappa shape index (κ1) is 13.7. The summed E-state index contributed by atoms with van der Waals surface area (Å²) >= 11 is 0. The summed E-state index contributed by atoms with van der Waals surface area (Å²) < 4.78 is 5.34. The average molecular weight is 288 g/mol. The van der Waals surface area contributed by atoms with E-state index >= 15 is 0 Å². The van der Waals surface area contributed by atoms with Crippen LogP contribution in [0.25, 0.3) is 10.9 Å². The van der Waals surface area contributed by atoms with Crippen LogP contribution in [0.3, 0.4) is 0 Å². The lowest BCUT2D eigenvalue weighted by molar-refractivity contribution is 0.0105. The van der Waals surface area contributed by atoms with Crippen LogP contribution in [-0.4, -0.2) is 45.9 Å². The van der Waals surface area contributed by atoms with E-state index in [1.54, 1.807) is 4.90 Å². The van der Waals surface area contributed by atoms with Gasteiger partial charge in [-0.3, -0.25) is 5.10 Å². The van der Waals surface area contributed by atoms with Gasteiger partial charge in [0.05, 0.1) is 17.8 Å². The molecule has 1 aliphatic rings. The Balaban J connectivity index is 1.58. The van der Waals surface area contributed by atoms with Crippen molar-refractivity contribution in [1.29, 1.82) is 0 Å². The van der Waals surface area contributed by atoms with E-state index in [0.29, 0.717) is 13.1 Å². The Kier molecular flexibility index (Phi) is 3.23. The first-order chi connectivity index (χ1) is 9.92. The van der Waals surface area contributed by atoms with Gasteiger partial charge in [0.2, 0.25) is 0 Å². The fourth-order valence-electron chi connectivity index (χ4n) is 2.36. The molecular formula is C15H20N4O2. The molecule has 21 heavy (non-hydrogen) atoms. The summed E-state index contributed by atoms with van der Waals surface area (Å²) in [5.41, 5.74) is 1.59. The maximum atomic E-state index is 11.9. The molecule has 6 nitrogen and oxygen atoms in total. The molecule has 0 saturated carbocycles. The lowest BCUT2D eigenvalue weighted by atomic mass is 10.1. The molecule has 0 unspecified atom stereocenters. The predicted octanol–water partition coefficient (Wildman–Crippen LogP) is 2.59. The molecule has 0 atom stereocenters. The number of anilines is 1. The molecule has 2 heterocycles. The van der Waals surface area contributed by atoms with E-state index in [0.717, 1.165) is 16.6 Å². The number of hydrogen-bond donors (Lipinski definition) is 2. The molecule has 1 fully saturated rings. The molecule has 0 aliphatic carbocycles. The highest BCUT2D eigenvalue weighted by molar-refractivity contribution is 5.91. The number of nitrogens with one attached hydrogen (secondary N) is 2. The average Bonchev–Trinajstić information content (AvgIpc) is 2.79. The molecule has 2 aromatic rings. The molecule has 2 N–H and O–H groups in total. The number of rotatable bonds is 2.